The Morgan fingerprint density at radius 1 is 0.921 bits per heavy atom. The number of amides is 2. The molecule has 4 aromatic rings. The summed E-state index contributed by atoms with van der Waals surface area (Å²) in [6.45, 7) is 0. The Kier molecular flexibility index (Phi) is 9.46. The lowest BCUT2D eigenvalue weighted by Gasteiger charge is -2.23. The lowest BCUT2D eigenvalue weighted by Crippen LogP contribution is -2.49. The van der Waals surface area contributed by atoms with Crippen molar-refractivity contribution in [1.82, 2.24) is 15.6 Å². The minimum atomic E-state index is -2.76. The van der Waals surface area contributed by atoms with E-state index in [9.17, 15) is 18.0 Å². The third-order valence-corrected chi connectivity index (χ3v) is 7.96. The number of benzene rings is 2. The van der Waals surface area contributed by atoms with Gasteiger partial charge >= 0.3 is 6.09 Å². The first-order valence-corrected chi connectivity index (χ1v) is 14.5. The number of methoxy groups -OCH3 is 1. The van der Waals surface area contributed by atoms with E-state index in [2.05, 4.69) is 15.4 Å². The summed E-state index contributed by atoms with van der Waals surface area (Å²) in [6, 6.07) is 18.9. The summed E-state index contributed by atoms with van der Waals surface area (Å²) in [5.74, 6) is -0.378. The molecule has 0 spiro atoms. The van der Waals surface area contributed by atoms with Gasteiger partial charge in [-0.1, -0.05) is 48.5 Å². The van der Waals surface area contributed by atoms with Gasteiger partial charge in [-0.3, -0.25) is 9.52 Å². The number of alkyl carbamates (subject to hydrolysis) is 1. The number of nitrogens with zero attached hydrogens (tertiary/aromatic N) is 1. The van der Waals surface area contributed by atoms with Crippen molar-refractivity contribution in [2.75, 3.05) is 11.8 Å². The fourth-order valence-electron chi connectivity index (χ4n) is 3.78. The first-order valence-electron chi connectivity index (χ1n) is 11.6. The number of thiol groups is 1. The van der Waals surface area contributed by atoms with Crippen molar-refractivity contribution in [2.45, 2.75) is 24.9 Å². The van der Waals surface area contributed by atoms with E-state index in [4.69, 9.17) is 9.72 Å². The van der Waals surface area contributed by atoms with E-state index in [1.165, 1.54) is 18.4 Å². The highest BCUT2D eigenvalue weighted by Crippen LogP contribution is 2.31. The van der Waals surface area contributed by atoms with Crippen LogP contribution in [0.25, 0.3) is 9.88 Å². The van der Waals surface area contributed by atoms with Crippen LogP contribution in [-0.4, -0.2) is 38.6 Å². The molecule has 2 unspecified atom stereocenters. The second-order valence-corrected chi connectivity index (χ2v) is 10.8. The Labute approximate surface area is 230 Å². The number of ether oxygens (including phenoxy) is 1. The van der Waals surface area contributed by atoms with Gasteiger partial charge in [0.25, 0.3) is 0 Å². The van der Waals surface area contributed by atoms with Crippen LogP contribution in [0, 0.1) is 0 Å². The SMILES string of the molecule is COC(=O)NC(Cc1ccccc1)C(=O)NC(Cc1ccc(N[SH](=O)=O)cc1)c1csc(-c2cccs2)n1. The predicted octanol–water partition coefficient (Wildman–Crippen LogP) is 4.18. The monoisotopic (exact) mass is 570 g/mol. The molecule has 2 amide bonds. The van der Waals surface area contributed by atoms with Crippen LogP contribution in [0.2, 0.25) is 0 Å². The fraction of sp³-hybridized carbons (Fsp3) is 0.192. The van der Waals surface area contributed by atoms with Crippen molar-refractivity contribution in [1.29, 1.82) is 0 Å². The summed E-state index contributed by atoms with van der Waals surface area (Å²) in [7, 11) is -1.51. The molecule has 0 aliphatic carbocycles. The molecule has 38 heavy (non-hydrogen) atoms. The van der Waals surface area contributed by atoms with Crippen LogP contribution in [0.15, 0.2) is 77.5 Å². The second kappa shape index (κ2) is 13.2. The Bertz CT molecular complexity index is 1410. The third-order valence-electron chi connectivity index (χ3n) is 5.62. The van der Waals surface area contributed by atoms with E-state index < -0.39 is 29.1 Å². The number of carbonyl (C=O) groups excluding carboxylic acids is 2. The summed E-state index contributed by atoms with van der Waals surface area (Å²) in [6.07, 6.45) is -0.0230. The van der Waals surface area contributed by atoms with Crippen LogP contribution in [0.1, 0.15) is 22.9 Å². The smallest absolute Gasteiger partial charge is 0.407 e. The molecule has 3 N–H and O–H groups in total. The fourth-order valence-corrected chi connectivity index (χ4v) is 5.83. The minimum Gasteiger partial charge on any atom is -0.453 e. The Balaban J connectivity index is 1.59. The first-order chi connectivity index (χ1) is 18.4. The van der Waals surface area contributed by atoms with Crippen molar-refractivity contribution >= 4 is 51.3 Å². The van der Waals surface area contributed by atoms with E-state index in [1.54, 1.807) is 35.6 Å². The van der Waals surface area contributed by atoms with Gasteiger partial charge in [0.15, 0.2) is 0 Å². The van der Waals surface area contributed by atoms with Crippen LogP contribution in [0.3, 0.4) is 0 Å². The maximum absolute atomic E-state index is 13.5. The molecule has 2 aromatic heterocycles. The van der Waals surface area contributed by atoms with E-state index in [-0.39, 0.29) is 12.3 Å². The lowest BCUT2D eigenvalue weighted by molar-refractivity contribution is -0.123. The van der Waals surface area contributed by atoms with Crippen LogP contribution in [-0.2, 0) is 33.3 Å². The van der Waals surface area contributed by atoms with E-state index in [0.717, 1.165) is 21.0 Å². The number of thiazole rings is 1. The molecule has 9 nitrogen and oxygen atoms in total. The van der Waals surface area contributed by atoms with Gasteiger partial charge in [-0.15, -0.1) is 22.7 Å². The highest BCUT2D eigenvalue weighted by atomic mass is 32.2. The number of rotatable bonds is 11. The number of aromatic nitrogens is 1. The highest BCUT2D eigenvalue weighted by Gasteiger charge is 2.26. The van der Waals surface area contributed by atoms with Crippen LogP contribution in [0.4, 0.5) is 10.5 Å². The van der Waals surface area contributed by atoms with Crippen LogP contribution < -0.4 is 15.4 Å². The van der Waals surface area contributed by atoms with Crippen molar-refractivity contribution in [2.24, 2.45) is 0 Å². The normalized spacial score (nSPS) is 12.5. The summed E-state index contributed by atoms with van der Waals surface area (Å²) in [5, 5.41) is 10.4. The van der Waals surface area contributed by atoms with Gasteiger partial charge < -0.3 is 15.4 Å². The van der Waals surface area contributed by atoms with E-state index in [0.29, 0.717) is 17.8 Å². The molecule has 12 heteroatoms. The van der Waals surface area contributed by atoms with Gasteiger partial charge in [-0.25, -0.2) is 18.2 Å². The van der Waals surface area contributed by atoms with Gasteiger partial charge in [0.1, 0.15) is 11.0 Å². The molecule has 0 bridgehead atoms. The molecule has 0 aliphatic rings. The number of anilines is 1. The first kappa shape index (κ1) is 27.3. The lowest BCUT2D eigenvalue weighted by atomic mass is 10.0. The number of thiophene rings is 1. The summed E-state index contributed by atoms with van der Waals surface area (Å²) >= 11 is 3.07. The number of carbonyl (C=O) groups is 2. The Hall–Kier alpha value is -3.74. The molecule has 2 atom stereocenters. The molecular formula is C26H26N4O5S3. The molecule has 2 heterocycles. The zero-order valence-corrected chi connectivity index (χ0v) is 22.9. The van der Waals surface area contributed by atoms with E-state index in [1.807, 2.05) is 53.2 Å². The summed E-state index contributed by atoms with van der Waals surface area (Å²) < 4.78 is 29.0. The van der Waals surface area contributed by atoms with Gasteiger partial charge in [-0.2, -0.15) is 0 Å². The second-order valence-electron chi connectivity index (χ2n) is 8.26. The molecule has 0 radical (unpaired) electrons. The molecule has 0 aliphatic heterocycles. The number of hydrogen-bond acceptors (Lipinski definition) is 8. The molecule has 0 fully saturated rings. The molecule has 2 aromatic carbocycles. The standard InChI is InChI=1S/C26H26N4O5S3/c1-35-26(32)29-21(15-17-6-3-2-4-7-17)24(31)27-20(14-18-9-11-19(12-10-18)30-38(33)34)22-16-37-25(28-22)23-8-5-13-36-23/h2-13,16,20-21,38H,14-15H2,1H3,(H,27,31)(H,29,32)(H,30,33,34). The van der Waals surface area contributed by atoms with E-state index >= 15 is 0 Å². The topological polar surface area (TPSA) is 126 Å². The Morgan fingerprint density at radius 3 is 2.32 bits per heavy atom. The summed E-state index contributed by atoms with van der Waals surface area (Å²) in [4.78, 5) is 31.4. The molecule has 0 saturated carbocycles. The molecule has 4 rings (SSSR count). The number of nitrogens with one attached hydrogen (secondary N) is 3. The molecule has 0 saturated heterocycles. The van der Waals surface area contributed by atoms with Gasteiger partial charge in [-0.05, 0) is 41.1 Å². The van der Waals surface area contributed by atoms with Crippen molar-refractivity contribution in [3.05, 3.63) is 94.3 Å². The number of hydrogen-bond donors (Lipinski definition) is 4. The largest absolute Gasteiger partial charge is 0.453 e. The maximum Gasteiger partial charge on any atom is 0.407 e. The zero-order valence-electron chi connectivity index (χ0n) is 20.3. The van der Waals surface area contributed by atoms with Crippen LogP contribution in [0.5, 0.6) is 0 Å². The van der Waals surface area contributed by atoms with Crippen molar-refractivity contribution in [3.63, 3.8) is 0 Å². The van der Waals surface area contributed by atoms with Crippen molar-refractivity contribution in [3.8, 4) is 9.88 Å². The third kappa shape index (κ3) is 7.63. The van der Waals surface area contributed by atoms with Crippen LogP contribution >= 0.6 is 22.7 Å². The maximum atomic E-state index is 13.5. The average molecular weight is 571 g/mol. The predicted molar refractivity (Wildman–Crippen MR) is 150 cm³/mol. The molecular weight excluding hydrogens is 545 g/mol. The van der Waals surface area contributed by atoms with Gasteiger partial charge in [0, 0.05) is 17.5 Å². The summed E-state index contributed by atoms with van der Waals surface area (Å²) in [5.41, 5.74) is 2.89. The zero-order chi connectivity index (χ0) is 26.9. The van der Waals surface area contributed by atoms with Gasteiger partial charge in [0.2, 0.25) is 16.8 Å². The molecule has 198 valence electrons. The minimum absolute atomic E-state index is 0.278. The highest BCUT2D eigenvalue weighted by molar-refractivity contribution is 7.73. The average Bonchev–Trinajstić information content (AvgIpc) is 3.62. The Morgan fingerprint density at radius 2 is 1.66 bits per heavy atom. The van der Waals surface area contributed by atoms with Gasteiger partial charge in [0.05, 0.1) is 23.7 Å². The van der Waals surface area contributed by atoms with Crippen molar-refractivity contribution < 1.29 is 22.7 Å². The quantitative estimate of drug-likeness (QED) is 0.201.